The Morgan fingerprint density at radius 3 is 2.48 bits per heavy atom. The van der Waals surface area contributed by atoms with Crippen molar-refractivity contribution in [2.24, 2.45) is 11.7 Å². The van der Waals surface area contributed by atoms with Crippen LogP contribution in [-0.2, 0) is 10.0 Å². The summed E-state index contributed by atoms with van der Waals surface area (Å²) < 4.78 is 26.3. The molecule has 0 heterocycles. The highest BCUT2D eigenvalue weighted by Crippen LogP contribution is 2.37. The van der Waals surface area contributed by atoms with E-state index in [4.69, 9.17) is 5.73 Å². The van der Waals surface area contributed by atoms with Gasteiger partial charge in [-0.15, -0.1) is 12.4 Å². The molecule has 0 radical (unpaired) electrons. The van der Waals surface area contributed by atoms with Crippen molar-refractivity contribution in [2.45, 2.75) is 23.8 Å². The van der Waals surface area contributed by atoms with Crippen molar-refractivity contribution in [1.29, 1.82) is 0 Å². The van der Waals surface area contributed by atoms with Crippen molar-refractivity contribution in [2.75, 3.05) is 13.6 Å². The number of sulfonamides is 1. The maximum absolute atomic E-state index is 12.6. The van der Waals surface area contributed by atoms with E-state index in [2.05, 4.69) is 0 Å². The van der Waals surface area contributed by atoms with Gasteiger partial charge in [-0.25, -0.2) is 8.42 Å². The largest absolute Gasteiger partial charge is 0.329 e. The summed E-state index contributed by atoms with van der Waals surface area (Å²) in [5.74, 6) is 0.252. The normalized spacial score (nSPS) is 16.3. The number of nitrogens with zero attached hydrogens (tertiary/aromatic N) is 2. The summed E-state index contributed by atoms with van der Waals surface area (Å²) in [5, 5.41) is 11.0. The molecule has 1 aliphatic rings. The van der Waals surface area contributed by atoms with Crippen LogP contribution in [0.15, 0.2) is 29.2 Å². The molecule has 0 aromatic heterocycles. The van der Waals surface area contributed by atoms with Crippen LogP contribution in [0.1, 0.15) is 12.8 Å². The second-order valence-corrected chi connectivity index (χ2v) is 6.85. The Kier molecular flexibility index (Phi) is 5.68. The monoisotopic (exact) mass is 335 g/mol. The van der Waals surface area contributed by atoms with E-state index in [0.717, 1.165) is 12.8 Å². The number of para-hydroxylation sites is 1. The first-order chi connectivity index (χ1) is 9.39. The zero-order chi connectivity index (χ0) is 14.9. The van der Waals surface area contributed by atoms with Gasteiger partial charge in [0.2, 0.25) is 10.0 Å². The standard InChI is InChI=1S/C12H17N3O4S.ClH/c1-14(11(8-13)9-6-7-9)20(18,19)12-5-3-2-4-10(12)15(16)17;/h2-5,9,11H,6-8,13H2,1H3;1H. The smallest absolute Gasteiger partial charge is 0.289 e. The van der Waals surface area contributed by atoms with Gasteiger partial charge in [0.05, 0.1) is 4.92 Å². The van der Waals surface area contributed by atoms with Crippen LogP contribution in [0.4, 0.5) is 5.69 Å². The maximum atomic E-state index is 12.6. The average molecular weight is 336 g/mol. The summed E-state index contributed by atoms with van der Waals surface area (Å²) in [6, 6.07) is 5.06. The SMILES string of the molecule is CN(C(CN)C1CC1)S(=O)(=O)c1ccccc1[N+](=O)[O-].Cl. The van der Waals surface area contributed by atoms with E-state index < -0.39 is 20.6 Å². The molecule has 0 aliphatic heterocycles. The molecule has 0 spiro atoms. The van der Waals surface area contributed by atoms with Crippen molar-refractivity contribution in [3.05, 3.63) is 34.4 Å². The second-order valence-electron chi connectivity index (χ2n) is 4.89. The predicted octanol–water partition coefficient (Wildman–Crippen LogP) is 1.37. The van der Waals surface area contributed by atoms with Gasteiger partial charge in [0.1, 0.15) is 0 Å². The Morgan fingerprint density at radius 1 is 1.43 bits per heavy atom. The molecule has 0 bridgehead atoms. The molecule has 1 aliphatic carbocycles. The van der Waals surface area contributed by atoms with Gasteiger partial charge >= 0.3 is 0 Å². The quantitative estimate of drug-likeness (QED) is 0.624. The molecule has 1 aromatic rings. The molecule has 9 heteroatoms. The number of hydrogen-bond donors (Lipinski definition) is 1. The van der Waals surface area contributed by atoms with Gasteiger partial charge in [-0.05, 0) is 24.8 Å². The molecule has 0 saturated heterocycles. The summed E-state index contributed by atoms with van der Waals surface area (Å²) in [7, 11) is -2.49. The molecule has 21 heavy (non-hydrogen) atoms. The summed E-state index contributed by atoms with van der Waals surface area (Å²) in [5.41, 5.74) is 5.24. The Labute approximate surface area is 129 Å². The molecule has 7 nitrogen and oxygen atoms in total. The summed E-state index contributed by atoms with van der Waals surface area (Å²) >= 11 is 0. The number of likely N-dealkylation sites (N-methyl/N-ethyl adjacent to an activating group) is 1. The zero-order valence-electron chi connectivity index (χ0n) is 11.5. The van der Waals surface area contributed by atoms with Crippen LogP contribution in [0.3, 0.4) is 0 Å². The Balaban J connectivity index is 0.00000220. The number of nitro benzene ring substituents is 1. The van der Waals surface area contributed by atoms with E-state index in [0.29, 0.717) is 0 Å². The lowest BCUT2D eigenvalue weighted by molar-refractivity contribution is -0.387. The molecule has 0 amide bonds. The third-order valence-corrected chi connectivity index (χ3v) is 5.52. The van der Waals surface area contributed by atoms with Crippen molar-refractivity contribution < 1.29 is 13.3 Å². The molecule has 1 saturated carbocycles. The fourth-order valence-electron chi connectivity index (χ4n) is 2.28. The number of benzene rings is 1. The fourth-order valence-corrected chi connectivity index (χ4v) is 3.86. The van der Waals surface area contributed by atoms with E-state index in [9.17, 15) is 18.5 Å². The second kappa shape index (κ2) is 6.69. The molecule has 1 aromatic carbocycles. The molecule has 1 atom stereocenters. The Morgan fingerprint density at radius 2 is 2.00 bits per heavy atom. The molecule has 1 fully saturated rings. The Bertz CT molecular complexity index is 619. The average Bonchev–Trinajstić information content (AvgIpc) is 3.24. The van der Waals surface area contributed by atoms with Crippen LogP contribution in [0, 0.1) is 16.0 Å². The van der Waals surface area contributed by atoms with E-state index in [1.54, 1.807) is 0 Å². The molecular formula is C12H18ClN3O4S. The van der Waals surface area contributed by atoms with Gasteiger partial charge in [0.15, 0.2) is 4.90 Å². The lowest BCUT2D eigenvalue weighted by atomic mass is 10.2. The summed E-state index contributed by atoms with van der Waals surface area (Å²) in [6.45, 7) is 0.209. The number of nitro groups is 1. The first kappa shape index (κ1) is 17.8. The molecular weight excluding hydrogens is 318 g/mol. The number of rotatable bonds is 6. The van der Waals surface area contributed by atoms with Crippen LogP contribution in [0.5, 0.6) is 0 Å². The van der Waals surface area contributed by atoms with Crippen molar-refractivity contribution in [3.63, 3.8) is 0 Å². The first-order valence-corrected chi connectivity index (χ1v) is 7.75. The summed E-state index contributed by atoms with van der Waals surface area (Å²) in [6.07, 6.45) is 1.89. The number of nitrogens with two attached hydrogens (primary N) is 1. The van der Waals surface area contributed by atoms with Crippen LogP contribution >= 0.6 is 12.4 Å². The minimum absolute atomic E-state index is 0. The minimum atomic E-state index is -3.92. The van der Waals surface area contributed by atoms with Crippen LogP contribution in [0.2, 0.25) is 0 Å². The lowest BCUT2D eigenvalue weighted by Gasteiger charge is -2.26. The fraction of sp³-hybridized carbons (Fsp3) is 0.500. The van der Waals surface area contributed by atoms with E-state index in [1.807, 2.05) is 0 Å². The topological polar surface area (TPSA) is 107 Å². The van der Waals surface area contributed by atoms with Gasteiger partial charge in [-0.1, -0.05) is 12.1 Å². The van der Waals surface area contributed by atoms with Gasteiger partial charge in [0, 0.05) is 25.7 Å². The van der Waals surface area contributed by atoms with Crippen LogP contribution < -0.4 is 5.73 Å². The highest BCUT2D eigenvalue weighted by atomic mass is 35.5. The Hall–Kier alpha value is -1.22. The van der Waals surface area contributed by atoms with Gasteiger partial charge in [-0.3, -0.25) is 10.1 Å². The van der Waals surface area contributed by atoms with Crippen molar-refractivity contribution in [1.82, 2.24) is 4.31 Å². The third kappa shape index (κ3) is 3.52. The number of halogens is 1. The van der Waals surface area contributed by atoms with Crippen molar-refractivity contribution >= 4 is 28.1 Å². The highest BCUT2D eigenvalue weighted by Gasteiger charge is 2.40. The van der Waals surface area contributed by atoms with E-state index in [-0.39, 0.29) is 35.8 Å². The van der Waals surface area contributed by atoms with Crippen LogP contribution in [0.25, 0.3) is 0 Å². The minimum Gasteiger partial charge on any atom is -0.329 e. The predicted molar refractivity (Wildman–Crippen MR) is 80.9 cm³/mol. The van der Waals surface area contributed by atoms with E-state index >= 15 is 0 Å². The summed E-state index contributed by atoms with van der Waals surface area (Å²) in [4.78, 5) is 10.0. The maximum Gasteiger partial charge on any atom is 0.289 e. The molecule has 2 rings (SSSR count). The van der Waals surface area contributed by atoms with Gasteiger partial charge < -0.3 is 5.73 Å². The molecule has 2 N–H and O–H groups in total. The lowest BCUT2D eigenvalue weighted by Crippen LogP contribution is -2.43. The van der Waals surface area contributed by atoms with E-state index in [1.165, 1.54) is 35.6 Å². The third-order valence-electron chi connectivity index (χ3n) is 3.59. The first-order valence-electron chi connectivity index (χ1n) is 6.31. The molecule has 118 valence electrons. The number of hydrogen-bond acceptors (Lipinski definition) is 5. The highest BCUT2D eigenvalue weighted by molar-refractivity contribution is 7.89. The van der Waals surface area contributed by atoms with Crippen LogP contribution in [-0.4, -0.2) is 37.3 Å². The molecule has 1 unspecified atom stereocenters. The van der Waals surface area contributed by atoms with Gasteiger partial charge in [-0.2, -0.15) is 4.31 Å². The zero-order valence-corrected chi connectivity index (χ0v) is 13.1. The van der Waals surface area contributed by atoms with Crippen molar-refractivity contribution in [3.8, 4) is 0 Å². The van der Waals surface area contributed by atoms with Gasteiger partial charge in [0.25, 0.3) is 5.69 Å².